The highest BCUT2D eigenvalue weighted by Crippen LogP contribution is 2.26. The first-order valence-electron chi connectivity index (χ1n) is 4.55. The van der Waals surface area contributed by atoms with Crippen LogP contribution in [0.25, 0.3) is 11.3 Å². The highest BCUT2D eigenvalue weighted by atomic mass is 79.9. The summed E-state index contributed by atoms with van der Waals surface area (Å²) < 4.78 is 5.99. The minimum absolute atomic E-state index is 0.0436. The van der Waals surface area contributed by atoms with E-state index in [1.807, 2.05) is 24.3 Å². The van der Waals surface area contributed by atoms with Crippen LogP contribution in [0.5, 0.6) is 0 Å². The SMILES string of the molecule is Cc1c(C(=O)O)noc1-c1ccc(Br)cc1. The lowest BCUT2D eigenvalue weighted by molar-refractivity contribution is 0.0685. The molecule has 0 atom stereocenters. The summed E-state index contributed by atoms with van der Waals surface area (Å²) in [5.74, 6) is -0.588. The van der Waals surface area contributed by atoms with Crippen LogP contribution in [0.1, 0.15) is 16.1 Å². The van der Waals surface area contributed by atoms with Gasteiger partial charge in [0.25, 0.3) is 0 Å². The zero-order chi connectivity index (χ0) is 11.7. The molecule has 5 heteroatoms. The van der Waals surface area contributed by atoms with Gasteiger partial charge in [-0.05, 0) is 19.1 Å². The van der Waals surface area contributed by atoms with Gasteiger partial charge in [0.1, 0.15) is 0 Å². The fourth-order valence-electron chi connectivity index (χ4n) is 1.41. The second-order valence-corrected chi connectivity index (χ2v) is 4.21. The summed E-state index contributed by atoms with van der Waals surface area (Å²) >= 11 is 3.32. The van der Waals surface area contributed by atoms with Crippen molar-refractivity contribution in [1.29, 1.82) is 0 Å². The summed E-state index contributed by atoms with van der Waals surface area (Å²) in [5, 5.41) is 12.4. The average molecular weight is 282 g/mol. The molecule has 0 aliphatic rings. The Morgan fingerprint density at radius 2 is 2.00 bits per heavy atom. The van der Waals surface area contributed by atoms with Gasteiger partial charge in [-0.25, -0.2) is 4.79 Å². The number of carboxylic acid groups (broad SMARTS) is 1. The maximum absolute atomic E-state index is 10.8. The van der Waals surface area contributed by atoms with Crippen molar-refractivity contribution in [2.75, 3.05) is 0 Å². The Kier molecular flexibility index (Phi) is 2.78. The van der Waals surface area contributed by atoms with E-state index in [1.165, 1.54) is 0 Å². The minimum Gasteiger partial charge on any atom is -0.476 e. The van der Waals surface area contributed by atoms with Crippen molar-refractivity contribution in [2.45, 2.75) is 6.92 Å². The summed E-state index contributed by atoms with van der Waals surface area (Å²) in [4.78, 5) is 10.8. The summed E-state index contributed by atoms with van der Waals surface area (Å²) in [5.41, 5.74) is 1.30. The Morgan fingerprint density at radius 3 is 2.50 bits per heavy atom. The third-order valence-electron chi connectivity index (χ3n) is 2.23. The maximum atomic E-state index is 10.8. The van der Waals surface area contributed by atoms with Crippen molar-refractivity contribution in [3.8, 4) is 11.3 Å². The Labute approximate surface area is 100 Å². The van der Waals surface area contributed by atoms with Gasteiger partial charge < -0.3 is 9.63 Å². The molecule has 1 aromatic carbocycles. The molecular weight excluding hydrogens is 274 g/mol. The van der Waals surface area contributed by atoms with Crippen LogP contribution in [0.3, 0.4) is 0 Å². The highest BCUT2D eigenvalue weighted by Gasteiger charge is 2.18. The monoisotopic (exact) mass is 281 g/mol. The van der Waals surface area contributed by atoms with Crippen LogP contribution in [-0.2, 0) is 0 Å². The van der Waals surface area contributed by atoms with E-state index >= 15 is 0 Å². The largest absolute Gasteiger partial charge is 0.476 e. The number of hydrogen-bond donors (Lipinski definition) is 1. The van der Waals surface area contributed by atoms with Crippen molar-refractivity contribution in [1.82, 2.24) is 5.16 Å². The van der Waals surface area contributed by atoms with Crippen LogP contribution in [0.2, 0.25) is 0 Å². The molecule has 2 aromatic rings. The molecule has 16 heavy (non-hydrogen) atoms. The fraction of sp³-hybridized carbons (Fsp3) is 0.0909. The number of benzene rings is 1. The van der Waals surface area contributed by atoms with Gasteiger partial charge in [0, 0.05) is 15.6 Å². The van der Waals surface area contributed by atoms with E-state index in [1.54, 1.807) is 6.92 Å². The van der Waals surface area contributed by atoms with E-state index in [2.05, 4.69) is 21.1 Å². The summed E-state index contributed by atoms with van der Waals surface area (Å²) in [6.45, 7) is 1.68. The molecule has 0 aliphatic heterocycles. The molecule has 1 N–H and O–H groups in total. The number of rotatable bonds is 2. The Hall–Kier alpha value is -1.62. The fourth-order valence-corrected chi connectivity index (χ4v) is 1.67. The number of aromatic nitrogens is 1. The number of carbonyl (C=O) groups is 1. The molecule has 0 amide bonds. The lowest BCUT2D eigenvalue weighted by Gasteiger charge is -1.97. The molecule has 2 rings (SSSR count). The minimum atomic E-state index is -1.08. The smallest absolute Gasteiger partial charge is 0.358 e. The zero-order valence-electron chi connectivity index (χ0n) is 8.40. The van der Waals surface area contributed by atoms with Crippen molar-refractivity contribution in [2.24, 2.45) is 0 Å². The van der Waals surface area contributed by atoms with Crippen LogP contribution in [0.15, 0.2) is 33.3 Å². The number of aromatic carboxylic acids is 1. The van der Waals surface area contributed by atoms with Gasteiger partial charge in [0.05, 0.1) is 0 Å². The van der Waals surface area contributed by atoms with Crippen molar-refractivity contribution < 1.29 is 14.4 Å². The molecule has 0 fully saturated rings. The van der Waals surface area contributed by atoms with Crippen LogP contribution in [0.4, 0.5) is 0 Å². The topological polar surface area (TPSA) is 63.3 Å². The second kappa shape index (κ2) is 4.09. The standard InChI is InChI=1S/C11H8BrNO3/c1-6-9(11(14)15)13-16-10(6)7-2-4-8(12)5-3-7/h2-5H,1H3,(H,14,15). The molecule has 0 saturated carbocycles. The predicted octanol–water partition coefficient (Wildman–Crippen LogP) is 3.11. The van der Waals surface area contributed by atoms with Gasteiger partial charge in [-0.3, -0.25) is 0 Å². The van der Waals surface area contributed by atoms with Crippen LogP contribution in [0, 0.1) is 6.92 Å². The molecule has 4 nitrogen and oxygen atoms in total. The number of nitrogens with zero attached hydrogens (tertiary/aromatic N) is 1. The van der Waals surface area contributed by atoms with Crippen molar-refractivity contribution in [3.05, 3.63) is 40.0 Å². The van der Waals surface area contributed by atoms with Gasteiger partial charge in [-0.15, -0.1) is 0 Å². The maximum Gasteiger partial charge on any atom is 0.358 e. The third kappa shape index (κ3) is 1.86. The van der Waals surface area contributed by atoms with Crippen LogP contribution in [-0.4, -0.2) is 16.2 Å². The van der Waals surface area contributed by atoms with Gasteiger partial charge in [0.15, 0.2) is 11.5 Å². The molecular formula is C11H8BrNO3. The van der Waals surface area contributed by atoms with E-state index in [4.69, 9.17) is 9.63 Å². The molecule has 0 spiro atoms. The van der Waals surface area contributed by atoms with Crippen LogP contribution >= 0.6 is 15.9 Å². The van der Waals surface area contributed by atoms with Gasteiger partial charge in [-0.2, -0.15) is 0 Å². The first-order valence-corrected chi connectivity index (χ1v) is 5.34. The van der Waals surface area contributed by atoms with E-state index in [0.717, 1.165) is 10.0 Å². The van der Waals surface area contributed by atoms with Gasteiger partial charge in [0.2, 0.25) is 0 Å². The van der Waals surface area contributed by atoms with E-state index < -0.39 is 5.97 Å². The lowest BCUT2D eigenvalue weighted by Crippen LogP contribution is -1.98. The molecule has 0 radical (unpaired) electrons. The number of hydrogen-bond acceptors (Lipinski definition) is 3. The predicted molar refractivity (Wildman–Crippen MR) is 61.3 cm³/mol. The van der Waals surface area contributed by atoms with E-state index in [-0.39, 0.29) is 5.69 Å². The zero-order valence-corrected chi connectivity index (χ0v) is 9.98. The summed E-state index contributed by atoms with van der Waals surface area (Å²) in [6, 6.07) is 7.39. The quantitative estimate of drug-likeness (QED) is 0.919. The Balaban J connectivity index is 2.49. The summed E-state index contributed by atoms with van der Waals surface area (Å²) in [7, 11) is 0. The average Bonchev–Trinajstić information content (AvgIpc) is 2.61. The van der Waals surface area contributed by atoms with Crippen LogP contribution < -0.4 is 0 Å². The normalized spacial score (nSPS) is 10.4. The van der Waals surface area contributed by atoms with Gasteiger partial charge in [-0.1, -0.05) is 33.2 Å². The van der Waals surface area contributed by atoms with E-state index in [0.29, 0.717) is 11.3 Å². The first-order chi connectivity index (χ1) is 7.59. The van der Waals surface area contributed by atoms with E-state index in [9.17, 15) is 4.79 Å². The molecule has 82 valence electrons. The third-order valence-corrected chi connectivity index (χ3v) is 2.76. The van der Waals surface area contributed by atoms with Crippen molar-refractivity contribution >= 4 is 21.9 Å². The molecule has 1 aromatic heterocycles. The summed E-state index contributed by atoms with van der Waals surface area (Å²) in [6.07, 6.45) is 0. The van der Waals surface area contributed by atoms with Crippen molar-refractivity contribution in [3.63, 3.8) is 0 Å². The van der Waals surface area contributed by atoms with Gasteiger partial charge >= 0.3 is 5.97 Å². The first kappa shape index (κ1) is 10.9. The second-order valence-electron chi connectivity index (χ2n) is 3.30. The highest BCUT2D eigenvalue weighted by molar-refractivity contribution is 9.10. The molecule has 0 bridgehead atoms. The number of carboxylic acids is 1. The molecule has 0 saturated heterocycles. The molecule has 0 aliphatic carbocycles. The molecule has 1 heterocycles. The number of halogens is 1. The molecule has 0 unspecified atom stereocenters. The Morgan fingerprint density at radius 1 is 1.38 bits per heavy atom. The lowest BCUT2D eigenvalue weighted by atomic mass is 10.1. The Bertz CT molecular complexity index is 531.